The van der Waals surface area contributed by atoms with E-state index < -0.39 is 21.7 Å². The van der Waals surface area contributed by atoms with Crippen LogP contribution in [0.2, 0.25) is 0 Å². The maximum Gasteiger partial charge on any atom is 0.232 e. The highest BCUT2D eigenvalue weighted by atomic mass is 32.2. The number of aromatic amines is 1. The Bertz CT molecular complexity index is 1470. The molecule has 8 nitrogen and oxygen atoms in total. The number of fused-ring (bicyclic) bond motifs is 1. The standard InChI is InChI=1S/C24H26F2N6O2S/c1-4-10-35(33,34)31-20-9-8-19(25)18(22(20)26)11-15-13-27-23-21(15)24(29-14-28-23)30-16-6-5-7-17(12-16)32(2)3/h5-9,12-14,31H,4,10-11H2,1-3H3,(H2,27,28,29,30). The number of sulfonamides is 1. The summed E-state index contributed by atoms with van der Waals surface area (Å²) < 4.78 is 56.4. The molecule has 35 heavy (non-hydrogen) atoms. The lowest BCUT2D eigenvalue weighted by Gasteiger charge is -2.15. The van der Waals surface area contributed by atoms with E-state index in [2.05, 4.69) is 25.0 Å². The molecule has 4 aromatic rings. The Morgan fingerprint density at radius 3 is 2.66 bits per heavy atom. The van der Waals surface area contributed by atoms with E-state index in [-0.39, 0.29) is 23.4 Å². The Morgan fingerprint density at radius 1 is 1.11 bits per heavy atom. The number of hydrogen-bond acceptors (Lipinski definition) is 6. The zero-order valence-corrected chi connectivity index (χ0v) is 20.4. The third kappa shape index (κ3) is 5.35. The van der Waals surface area contributed by atoms with Crippen molar-refractivity contribution in [2.75, 3.05) is 34.8 Å². The van der Waals surface area contributed by atoms with Gasteiger partial charge in [-0.15, -0.1) is 0 Å². The average molecular weight is 501 g/mol. The predicted molar refractivity (Wildman–Crippen MR) is 135 cm³/mol. The third-order valence-corrected chi connectivity index (χ3v) is 6.94. The second kappa shape index (κ2) is 9.87. The Balaban J connectivity index is 1.71. The highest BCUT2D eigenvalue weighted by Crippen LogP contribution is 2.31. The zero-order chi connectivity index (χ0) is 25.2. The molecule has 2 aromatic heterocycles. The minimum Gasteiger partial charge on any atom is -0.378 e. The van der Waals surface area contributed by atoms with Gasteiger partial charge in [-0.25, -0.2) is 27.2 Å². The van der Waals surface area contributed by atoms with E-state index in [1.165, 1.54) is 6.33 Å². The van der Waals surface area contributed by atoms with Crippen molar-refractivity contribution in [2.24, 2.45) is 0 Å². The minimum absolute atomic E-state index is 0.138. The van der Waals surface area contributed by atoms with Crippen LogP contribution in [-0.4, -0.2) is 43.2 Å². The van der Waals surface area contributed by atoms with E-state index in [0.29, 0.717) is 28.8 Å². The number of hydrogen-bond donors (Lipinski definition) is 3. The molecule has 0 aliphatic heterocycles. The smallest absolute Gasteiger partial charge is 0.232 e. The number of halogens is 2. The summed E-state index contributed by atoms with van der Waals surface area (Å²) in [5.41, 5.74) is 2.28. The highest BCUT2D eigenvalue weighted by molar-refractivity contribution is 7.92. The van der Waals surface area contributed by atoms with Crippen LogP contribution < -0.4 is 14.9 Å². The van der Waals surface area contributed by atoms with Crippen molar-refractivity contribution >= 4 is 43.9 Å². The largest absolute Gasteiger partial charge is 0.378 e. The van der Waals surface area contributed by atoms with E-state index in [1.807, 2.05) is 43.3 Å². The molecule has 0 fully saturated rings. The van der Waals surface area contributed by atoms with Crippen LogP contribution in [0.4, 0.5) is 31.7 Å². The number of aromatic nitrogens is 3. The highest BCUT2D eigenvalue weighted by Gasteiger charge is 2.20. The average Bonchev–Trinajstić information content (AvgIpc) is 3.22. The van der Waals surface area contributed by atoms with Gasteiger partial charge in [-0.05, 0) is 42.3 Å². The van der Waals surface area contributed by atoms with Crippen molar-refractivity contribution in [1.29, 1.82) is 0 Å². The molecule has 0 saturated heterocycles. The topological polar surface area (TPSA) is 103 Å². The lowest BCUT2D eigenvalue weighted by Crippen LogP contribution is -2.17. The number of anilines is 4. The predicted octanol–water partition coefficient (Wildman–Crippen LogP) is 4.79. The van der Waals surface area contributed by atoms with Gasteiger partial charge in [-0.1, -0.05) is 13.0 Å². The number of H-pyrrole nitrogens is 1. The summed E-state index contributed by atoms with van der Waals surface area (Å²) in [4.78, 5) is 13.6. The molecule has 0 radical (unpaired) electrons. The van der Waals surface area contributed by atoms with Crippen LogP contribution in [0.5, 0.6) is 0 Å². The van der Waals surface area contributed by atoms with Gasteiger partial charge >= 0.3 is 0 Å². The Hall–Kier alpha value is -3.73. The molecule has 0 aliphatic rings. The van der Waals surface area contributed by atoms with Crippen LogP contribution in [0.15, 0.2) is 48.9 Å². The molecule has 0 unspecified atom stereocenters. The Labute approximate surface area is 202 Å². The molecule has 0 bridgehead atoms. The minimum atomic E-state index is -3.74. The summed E-state index contributed by atoms with van der Waals surface area (Å²) in [5, 5.41) is 3.85. The fraction of sp³-hybridized carbons (Fsp3) is 0.250. The van der Waals surface area contributed by atoms with Crippen LogP contribution in [0, 0.1) is 11.6 Å². The fourth-order valence-electron chi connectivity index (χ4n) is 3.78. The molecule has 2 aromatic carbocycles. The zero-order valence-electron chi connectivity index (χ0n) is 19.6. The molecule has 0 saturated carbocycles. The fourth-order valence-corrected chi connectivity index (χ4v) is 4.91. The molecule has 0 amide bonds. The van der Waals surface area contributed by atoms with Gasteiger partial charge in [0.25, 0.3) is 0 Å². The second-order valence-electron chi connectivity index (χ2n) is 8.31. The molecular formula is C24H26F2N6O2S. The van der Waals surface area contributed by atoms with Crippen LogP contribution in [-0.2, 0) is 16.4 Å². The number of nitrogens with zero attached hydrogens (tertiary/aromatic N) is 3. The van der Waals surface area contributed by atoms with Crippen LogP contribution in [0.25, 0.3) is 11.0 Å². The molecule has 11 heteroatoms. The summed E-state index contributed by atoms with van der Waals surface area (Å²) in [6, 6.07) is 9.85. The van der Waals surface area contributed by atoms with Crippen molar-refractivity contribution in [2.45, 2.75) is 19.8 Å². The van der Waals surface area contributed by atoms with Crippen molar-refractivity contribution in [3.8, 4) is 0 Å². The normalized spacial score (nSPS) is 11.6. The molecule has 2 heterocycles. The molecule has 3 N–H and O–H groups in total. The monoisotopic (exact) mass is 500 g/mol. The number of rotatable bonds is 9. The molecule has 0 aliphatic carbocycles. The van der Waals surface area contributed by atoms with Gasteiger partial charge in [0.05, 0.1) is 16.8 Å². The first-order chi connectivity index (χ1) is 16.7. The van der Waals surface area contributed by atoms with E-state index in [4.69, 9.17) is 0 Å². The molecule has 4 rings (SSSR count). The van der Waals surface area contributed by atoms with Gasteiger partial charge in [0.2, 0.25) is 10.0 Å². The number of benzene rings is 2. The quantitative estimate of drug-likeness (QED) is 0.305. The summed E-state index contributed by atoms with van der Waals surface area (Å²) in [5.74, 6) is -1.42. The number of nitrogens with one attached hydrogen (secondary N) is 3. The summed E-state index contributed by atoms with van der Waals surface area (Å²) in [6.07, 6.45) is 3.24. The van der Waals surface area contributed by atoms with E-state index in [9.17, 15) is 12.8 Å². The lowest BCUT2D eigenvalue weighted by atomic mass is 10.0. The van der Waals surface area contributed by atoms with Crippen molar-refractivity contribution in [3.63, 3.8) is 0 Å². The van der Waals surface area contributed by atoms with Crippen LogP contribution in [0.1, 0.15) is 24.5 Å². The Morgan fingerprint density at radius 2 is 1.91 bits per heavy atom. The van der Waals surface area contributed by atoms with Crippen molar-refractivity contribution in [1.82, 2.24) is 15.0 Å². The van der Waals surface area contributed by atoms with Gasteiger partial charge in [-0.2, -0.15) is 0 Å². The first-order valence-corrected chi connectivity index (χ1v) is 12.7. The molecule has 0 atom stereocenters. The van der Waals surface area contributed by atoms with E-state index in [1.54, 1.807) is 13.1 Å². The van der Waals surface area contributed by atoms with Gasteiger partial charge in [0, 0.05) is 43.7 Å². The molecule has 184 valence electrons. The van der Waals surface area contributed by atoms with Crippen molar-refractivity contribution < 1.29 is 17.2 Å². The summed E-state index contributed by atoms with van der Waals surface area (Å²) in [7, 11) is 0.136. The van der Waals surface area contributed by atoms with Crippen LogP contribution in [0.3, 0.4) is 0 Å². The summed E-state index contributed by atoms with van der Waals surface area (Å²) in [6.45, 7) is 1.70. The molecular weight excluding hydrogens is 474 g/mol. The van der Waals surface area contributed by atoms with E-state index in [0.717, 1.165) is 23.5 Å². The van der Waals surface area contributed by atoms with Gasteiger partial charge in [0.15, 0.2) is 5.82 Å². The first-order valence-electron chi connectivity index (χ1n) is 11.0. The lowest BCUT2D eigenvalue weighted by molar-refractivity contribution is 0.563. The maximum atomic E-state index is 15.2. The van der Waals surface area contributed by atoms with Gasteiger partial charge < -0.3 is 15.2 Å². The third-order valence-electron chi connectivity index (χ3n) is 5.47. The van der Waals surface area contributed by atoms with Crippen molar-refractivity contribution in [3.05, 3.63) is 71.7 Å². The SMILES string of the molecule is CCCS(=O)(=O)Nc1ccc(F)c(Cc2c[nH]c3ncnc(Nc4cccc(N(C)C)c4)c23)c1F. The van der Waals surface area contributed by atoms with E-state index >= 15 is 4.39 Å². The van der Waals surface area contributed by atoms with Gasteiger partial charge in [0.1, 0.15) is 23.6 Å². The summed E-state index contributed by atoms with van der Waals surface area (Å²) >= 11 is 0. The first kappa shape index (κ1) is 24.4. The van der Waals surface area contributed by atoms with Gasteiger partial charge in [-0.3, -0.25) is 4.72 Å². The van der Waals surface area contributed by atoms with Crippen LogP contribution >= 0.6 is 0 Å². The molecule has 0 spiro atoms. The Kier molecular flexibility index (Phi) is 6.88. The second-order valence-corrected chi connectivity index (χ2v) is 10.2. The maximum absolute atomic E-state index is 15.2.